The van der Waals surface area contributed by atoms with Gasteiger partial charge < -0.3 is 89.0 Å². The summed E-state index contributed by atoms with van der Waals surface area (Å²) in [5.74, 6) is -2.01. The number of ether oxygens (including phenoxy) is 6. The Balaban J connectivity index is 1.32. The van der Waals surface area contributed by atoms with E-state index in [-0.39, 0.29) is 28.4 Å². The van der Waals surface area contributed by atoms with Crippen LogP contribution in [0, 0.1) is 0 Å². The Morgan fingerprint density at radius 2 is 1.17 bits per heavy atom. The summed E-state index contributed by atoms with van der Waals surface area (Å²) in [6, 6.07) is 7.38. The SMILES string of the molecule is CC1OC(OCC2OC(Oc3c(-c4ccc(O)cc4)oc4cc(OC5OC(C)C(O)C(O)C5O)cc(O)c4c3=O)C(O)C(O)C2O)C(O)C(O)C1O. The van der Waals surface area contributed by atoms with Gasteiger partial charge in [-0.15, -0.1) is 0 Å². The minimum Gasteiger partial charge on any atom is -0.508 e. The summed E-state index contributed by atoms with van der Waals surface area (Å²) >= 11 is 0. The minimum absolute atomic E-state index is 0.138. The maximum Gasteiger partial charge on any atom is 0.239 e. The lowest BCUT2D eigenvalue weighted by molar-refractivity contribution is -0.318. The van der Waals surface area contributed by atoms with Crippen molar-refractivity contribution in [2.45, 2.75) is 106 Å². The Kier molecular flexibility index (Phi) is 11.0. The molecule has 0 amide bonds. The Morgan fingerprint density at radius 1 is 0.635 bits per heavy atom. The number of aromatic hydroxyl groups is 2. The molecule has 0 saturated carbocycles. The summed E-state index contributed by atoms with van der Waals surface area (Å²) in [6.45, 7) is 2.25. The van der Waals surface area contributed by atoms with Crippen LogP contribution in [0.15, 0.2) is 45.6 Å². The third-order valence-electron chi connectivity index (χ3n) is 9.23. The molecule has 3 aliphatic rings. The highest BCUT2D eigenvalue weighted by Crippen LogP contribution is 2.38. The summed E-state index contributed by atoms with van der Waals surface area (Å²) in [5.41, 5.74) is -1.16. The summed E-state index contributed by atoms with van der Waals surface area (Å²) in [4.78, 5) is 14.0. The van der Waals surface area contributed by atoms with E-state index in [1.807, 2.05) is 0 Å². The third kappa shape index (κ3) is 7.16. The van der Waals surface area contributed by atoms with Gasteiger partial charge in [0.15, 0.2) is 12.1 Å². The van der Waals surface area contributed by atoms with E-state index in [9.17, 15) is 61.0 Å². The van der Waals surface area contributed by atoms with Gasteiger partial charge >= 0.3 is 0 Å². The van der Waals surface area contributed by atoms with Crippen LogP contribution in [0.25, 0.3) is 22.3 Å². The van der Waals surface area contributed by atoms with Gasteiger partial charge in [0.05, 0.1) is 18.8 Å². The largest absolute Gasteiger partial charge is 0.508 e. The molecule has 3 aliphatic heterocycles. The Hall–Kier alpha value is -3.67. The van der Waals surface area contributed by atoms with Crippen LogP contribution in [0.3, 0.4) is 0 Å². The molecule has 15 atom stereocenters. The number of hydrogen-bond donors (Lipinski definition) is 11. The fourth-order valence-electron chi connectivity index (χ4n) is 6.09. The van der Waals surface area contributed by atoms with Crippen molar-refractivity contribution in [2.75, 3.05) is 6.61 Å². The van der Waals surface area contributed by atoms with Crippen molar-refractivity contribution in [1.29, 1.82) is 0 Å². The number of phenols is 2. The Bertz CT molecular complexity index is 1770. The standard InChI is InChI=1S/C33H40O19/c1-10-19(36)23(40)26(43)31(47-10)46-9-17-21(38)25(42)28(45)33(51-17)52-30-22(39)18-15(35)7-14(49-32-27(44)24(41)20(37)11(2)48-32)8-16(18)50-29(30)12-3-5-13(34)6-4-12/h3-8,10-11,17,19-21,23-28,31-38,40-45H,9H2,1-2H3. The van der Waals surface area contributed by atoms with Crippen LogP contribution in [0.5, 0.6) is 23.0 Å². The number of aliphatic hydroxyl groups excluding tert-OH is 9. The molecule has 15 unspecified atom stereocenters. The number of benzene rings is 2. The number of aliphatic hydroxyl groups is 9. The van der Waals surface area contributed by atoms with Gasteiger partial charge in [-0.1, -0.05) is 0 Å². The molecule has 19 nitrogen and oxygen atoms in total. The average molecular weight is 741 g/mol. The maximum absolute atomic E-state index is 14.0. The topological polar surface area (TPSA) is 308 Å². The van der Waals surface area contributed by atoms with E-state index >= 15 is 0 Å². The van der Waals surface area contributed by atoms with E-state index in [1.165, 1.54) is 44.2 Å². The first-order valence-electron chi connectivity index (χ1n) is 16.2. The first kappa shape index (κ1) is 38.1. The highest BCUT2D eigenvalue weighted by atomic mass is 16.7. The normalized spacial score (nSPS) is 38.2. The van der Waals surface area contributed by atoms with Gasteiger partial charge in [-0.2, -0.15) is 0 Å². The smallest absolute Gasteiger partial charge is 0.239 e. The molecule has 4 heterocycles. The lowest BCUT2D eigenvalue weighted by Crippen LogP contribution is -2.61. The molecule has 0 bridgehead atoms. The fourth-order valence-corrected chi connectivity index (χ4v) is 6.09. The number of phenolic OH excluding ortho intramolecular Hbond substituents is 2. The zero-order valence-corrected chi connectivity index (χ0v) is 27.5. The molecule has 3 aromatic rings. The monoisotopic (exact) mass is 740 g/mol. The second kappa shape index (κ2) is 15.0. The number of hydrogen-bond acceptors (Lipinski definition) is 19. The van der Waals surface area contributed by atoms with Crippen LogP contribution < -0.4 is 14.9 Å². The predicted molar refractivity (Wildman–Crippen MR) is 170 cm³/mol. The molecule has 6 rings (SSSR count). The van der Waals surface area contributed by atoms with Crippen LogP contribution in [0.4, 0.5) is 0 Å². The van der Waals surface area contributed by atoms with Gasteiger partial charge in [0.2, 0.25) is 23.8 Å². The van der Waals surface area contributed by atoms with Gasteiger partial charge in [0.1, 0.15) is 89.3 Å². The highest BCUT2D eigenvalue weighted by Gasteiger charge is 2.48. The van der Waals surface area contributed by atoms with Crippen molar-refractivity contribution >= 4 is 11.0 Å². The fraction of sp³-hybridized carbons (Fsp3) is 0.545. The van der Waals surface area contributed by atoms with Crippen LogP contribution in [-0.2, 0) is 18.9 Å². The van der Waals surface area contributed by atoms with E-state index in [1.54, 1.807) is 0 Å². The maximum atomic E-state index is 14.0. The zero-order chi connectivity index (χ0) is 37.8. The predicted octanol–water partition coefficient (Wildman–Crippen LogP) is -2.89. The van der Waals surface area contributed by atoms with Crippen LogP contribution in [0.1, 0.15) is 13.8 Å². The van der Waals surface area contributed by atoms with E-state index in [0.29, 0.717) is 0 Å². The zero-order valence-electron chi connectivity index (χ0n) is 27.5. The summed E-state index contributed by atoms with van der Waals surface area (Å²) in [5, 5.41) is 114. The summed E-state index contributed by atoms with van der Waals surface area (Å²) in [7, 11) is 0. The van der Waals surface area contributed by atoms with Gasteiger partial charge in [0, 0.05) is 17.7 Å². The minimum atomic E-state index is -1.98. The first-order valence-corrected chi connectivity index (χ1v) is 16.2. The summed E-state index contributed by atoms with van der Waals surface area (Å²) in [6.07, 6.45) is -23.5. The molecule has 286 valence electrons. The molecule has 0 radical (unpaired) electrons. The van der Waals surface area contributed by atoms with E-state index in [0.717, 1.165) is 6.07 Å². The molecular formula is C33H40O19. The second-order valence-corrected chi connectivity index (χ2v) is 12.9. The van der Waals surface area contributed by atoms with Gasteiger partial charge in [-0.05, 0) is 38.1 Å². The van der Waals surface area contributed by atoms with Crippen molar-refractivity contribution in [2.24, 2.45) is 0 Å². The second-order valence-electron chi connectivity index (χ2n) is 12.9. The molecule has 19 heteroatoms. The van der Waals surface area contributed by atoms with Crippen molar-refractivity contribution in [3.05, 3.63) is 46.6 Å². The number of rotatable bonds is 8. The lowest BCUT2D eigenvalue weighted by Gasteiger charge is -2.42. The van der Waals surface area contributed by atoms with E-state index < -0.39 is 121 Å². The highest BCUT2D eigenvalue weighted by molar-refractivity contribution is 5.88. The van der Waals surface area contributed by atoms with E-state index in [2.05, 4.69) is 0 Å². The van der Waals surface area contributed by atoms with Crippen LogP contribution in [0.2, 0.25) is 0 Å². The molecular weight excluding hydrogens is 700 g/mol. The van der Waals surface area contributed by atoms with Gasteiger partial charge in [0.25, 0.3) is 0 Å². The first-order chi connectivity index (χ1) is 24.6. The van der Waals surface area contributed by atoms with Crippen molar-refractivity contribution in [3.8, 4) is 34.3 Å². The van der Waals surface area contributed by atoms with Crippen molar-refractivity contribution in [3.63, 3.8) is 0 Å². The Labute approximate surface area is 293 Å². The molecule has 1 aromatic heterocycles. The molecule has 3 fully saturated rings. The molecule has 0 aliphatic carbocycles. The summed E-state index contributed by atoms with van der Waals surface area (Å²) < 4.78 is 39.5. The van der Waals surface area contributed by atoms with Crippen LogP contribution in [-0.4, -0.2) is 155 Å². The van der Waals surface area contributed by atoms with Crippen LogP contribution >= 0.6 is 0 Å². The lowest BCUT2D eigenvalue weighted by atomic mass is 9.98. The molecule has 11 N–H and O–H groups in total. The van der Waals surface area contributed by atoms with Gasteiger partial charge in [-0.25, -0.2) is 0 Å². The molecule has 3 saturated heterocycles. The van der Waals surface area contributed by atoms with Crippen molar-refractivity contribution < 1.29 is 89.0 Å². The van der Waals surface area contributed by atoms with Crippen molar-refractivity contribution in [1.82, 2.24) is 0 Å². The Morgan fingerprint density at radius 3 is 1.79 bits per heavy atom. The third-order valence-corrected chi connectivity index (χ3v) is 9.23. The average Bonchev–Trinajstić information content (AvgIpc) is 3.11. The molecule has 0 spiro atoms. The molecule has 2 aromatic carbocycles. The molecule has 52 heavy (non-hydrogen) atoms. The number of fused-ring (bicyclic) bond motifs is 1. The van der Waals surface area contributed by atoms with E-state index in [4.69, 9.17) is 32.8 Å². The van der Waals surface area contributed by atoms with Gasteiger partial charge in [-0.3, -0.25) is 4.79 Å². The quantitative estimate of drug-likeness (QED) is 0.110.